The van der Waals surface area contributed by atoms with Gasteiger partial charge in [0.1, 0.15) is 5.75 Å². The first kappa shape index (κ1) is 18.0. The maximum Gasteiger partial charge on any atom is 0.120 e. The first-order chi connectivity index (χ1) is 9.88. The van der Waals surface area contributed by atoms with Crippen molar-refractivity contribution in [3.05, 3.63) is 29.3 Å². The largest absolute Gasteiger partial charge is 0.508 e. The van der Waals surface area contributed by atoms with E-state index in [0.29, 0.717) is 5.75 Å². The summed E-state index contributed by atoms with van der Waals surface area (Å²) in [7, 11) is 0. The van der Waals surface area contributed by atoms with E-state index in [2.05, 4.69) is 45.6 Å². The van der Waals surface area contributed by atoms with Crippen molar-refractivity contribution in [2.24, 2.45) is 0 Å². The van der Waals surface area contributed by atoms with Crippen LogP contribution in [-0.2, 0) is 12.0 Å². The fraction of sp³-hybridized carbons (Fsp3) is 0.684. The van der Waals surface area contributed by atoms with Gasteiger partial charge in [0.25, 0.3) is 0 Å². The molecule has 1 aromatic carbocycles. The molecule has 0 heterocycles. The molecular formula is C19H33NO. The quantitative estimate of drug-likeness (QED) is 0.721. The Morgan fingerprint density at radius 3 is 2.05 bits per heavy atom. The van der Waals surface area contributed by atoms with Crippen molar-refractivity contribution in [3.63, 3.8) is 0 Å². The van der Waals surface area contributed by atoms with Crippen LogP contribution in [0.2, 0.25) is 0 Å². The molecule has 1 aromatic rings. The summed E-state index contributed by atoms with van der Waals surface area (Å²) in [5, 5.41) is 10.2. The Bertz CT molecular complexity index is 412. The molecule has 2 nitrogen and oxygen atoms in total. The van der Waals surface area contributed by atoms with E-state index in [0.717, 1.165) is 25.2 Å². The van der Waals surface area contributed by atoms with E-state index in [1.54, 1.807) is 0 Å². The zero-order valence-electron chi connectivity index (χ0n) is 14.6. The smallest absolute Gasteiger partial charge is 0.120 e. The molecule has 120 valence electrons. The van der Waals surface area contributed by atoms with Crippen LogP contribution in [-0.4, -0.2) is 23.1 Å². The molecule has 0 aliphatic rings. The number of aromatic hydroxyl groups is 1. The lowest BCUT2D eigenvalue weighted by atomic mass is 9.86. The van der Waals surface area contributed by atoms with Crippen molar-refractivity contribution in [3.8, 4) is 5.75 Å². The van der Waals surface area contributed by atoms with E-state index in [9.17, 15) is 5.11 Å². The van der Waals surface area contributed by atoms with Gasteiger partial charge in [0, 0.05) is 12.1 Å². The molecule has 1 N–H and O–H groups in total. The van der Waals surface area contributed by atoms with Crippen LogP contribution in [0, 0.1) is 0 Å². The first-order valence-corrected chi connectivity index (χ1v) is 8.43. The minimum absolute atomic E-state index is 0.125. The van der Waals surface area contributed by atoms with Crippen molar-refractivity contribution in [1.29, 1.82) is 0 Å². The number of phenolic OH excluding ortho intramolecular Hbond substituents is 1. The minimum atomic E-state index is 0.125. The van der Waals surface area contributed by atoms with Crippen LogP contribution < -0.4 is 0 Å². The molecule has 0 spiro atoms. The van der Waals surface area contributed by atoms with Gasteiger partial charge < -0.3 is 5.11 Å². The van der Waals surface area contributed by atoms with Crippen molar-refractivity contribution in [1.82, 2.24) is 4.90 Å². The van der Waals surface area contributed by atoms with Crippen molar-refractivity contribution in [2.75, 3.05) is 13.1 Å². The predicted molar refractivity (Wildman–Crippen MR) is 91.9 cm³/mol. The zero-order chi connectivity index (χ0) is 15.9. The number of unbranched alkanes of at least 4 members (excludes halogenated alkanes) is 2. The molecule has 2 heteroatoms. The number of hydrogen-bond donors (Lipinski definition) is 1. The van der Waals surface area contributed by atoms with Gasteiger partial charge in [0.15, 0.2) is 0 Å². The Kier molecular flexibility index (Phi) is 7.24. The Labute approximate surface area is 131 Å². The van der Waals surface area contributed by atoms with Crippen LogP contribution >= 0.6 is 0 Å². The molecule has 0 aromatic heterocycles. The lowest BCUT2D eigenvalue weighted by molar-refractivity contribution is 0.253. The average Bonchev–Trinajstić information content (AvgIpc) is 2.42. The molecule has 21 heavy (non-hydrogen) atoms. The van der Waals surface area contributed by atoms with Gasteiger partial charge in [-0.3, -0.25) is 4.90 Å². The highest BCUT2D eigenvalue weighted by Gasteiger charge is 2.16. The maximum atomic E-state index is 10.2. The highest BCUT2D eigenvalue weighted by Crippen LogP contribution is 2.28. The minimum Gasteiger partial charge on any atom is -0.508 e. The van der Waals surface area contributed by atoms with Crippen molar-refractivity contribution >= 4 is 0 Å². The molecular weight excluding hydrogens is 258 g/mol. The summed E-state index contributed by atoms with van der Waals surface area (Å²) in [6.07, 6.45) is 4.89. The average molecular weight is 291 g/mol. The zero-order valence-corrected chi connectivity index (χ0v) is 14.6. The summed E-state index contributed by atoms with van der Waals surface area (Å²) < 4.78 is 0. The SMILES string of the molecule is CCCCN(CCCC)Cc1cc(C(C)(C)C)ccc1O. The van der Waals surface area contributed by atoms with Crippen LogP contribution in [0.5, 0.6) is 5.75 Å². The molecule has 1 rings (SSSR count). The molecule has 0 saturated heterocycles. The number of benzene rings is 1. The van der Waals surface area contributed by atoms with Crippen LogP contribution in [0.1, 0.15) is 71.4 Å². The van der Waals surface area contributed by atoms with Gasteiger partial charge in [-0.1, -0.05) is 59.6 Å². The van der Waals surface area contributed by atoms with E-state index in [1.165, 1.54) is 31.2 Å². The molecule has 0 aliphatic carbocycles. The van der Waals surface area contributed by atoms with Crippen LogP contribution in [0.25, 0.3) is 0 Å². The Morgan fingerprint density at radius 2 is 1.57 bits per heavy atom. The summed E-state index contributed by atoms with van der Waals surface area (Å²) in [6.45, 7) is 14.2. The molecule has 0 saturated carbocycles. The van der Waals surface area contributed by atoms with Gasteiger partial charge in [-0.05, 0) is 43.0 Å². The van der Waals surface area contributed by atoms with E-state index in [-0.39, 0.29) is 5.41 Å². The monoisotopic (exact) mass is 291 g/mol. The number of hydrogen-bond acceptors (Lipinski definition) is 2. The summed E-state index contributed by atoms with van der Waals surface area (Å²) >= 11 is 0. The van der Waals surface area contributed by atoms with Gasteiger partial charge in [-0.2, -0.15) is 0 Å². The topological polar surface area (TPSA) is 23.5 Å². The molecule has 0 atom stereocenters. The van der Waals surface area contributed by atoms with Crippen molar-refractivity contribution in [2.45, 2.75) is 72.3 Å². The predicted octanol–water partition coefficient (Wildman–Crippen LogP) is 5.09. The van der Waals surface area contributed by atoms with E-state index < -0.39 is 0 Å². The molecule has 0 radical (unpaired) electrons. The van der Waals surface area contributed by atoms with E-state index in [1.807, 2.05) is 12.1 Å². The van der Waals surface area contributed by atoms with Crippen LogP contribution in [0.4, 0.5) is 0 Å². The Morgan fingerprint density at radius 1 is 1.00 bits per heavy atom. The van der Waals surface area contributed by atoms with Gasteiger partial charge in [0.2, 0.25) is 0 Å². The molecule has 0 fully saturated rings. The summed E-state index contributed by atoms with van der Waals surface area (Å²) in [4.78, 5) is 2.48. The van der Waals surface area contributed by atoms with Gasteiger partial charge in [-0.25, -0.2) is 0 Å². The van der Waals surface area contributed by atoms with Gasteiger partial charge in [0.05, 0.1) is 0 Å². The third kappa shape index (κ3) is 6.09. The summed E-state index contributed by atoms with van der Waals surface area (Å²) in [5.74, 6) is 0.431. The van der Waals surface area contributed by atoms with Crippen LogP contribution in [0.3, 0.4) is 0 Å². The standard InChI is InChI=1S/C19H33NO/c1-6-8-12-20(13-9-7-2)15-16-14-17(19(3,4)5)10-11-18(16)21/h10-11,14,21H,6-9,12-13,15H2,1-5H3. The third-order valence-electron chi connectivity index (χ3n) is 4.00. The lowest BCUT2D eigenvalue weighted by Crippen LogP contribution is -2.26. The summed E-state index contributed by atoms with van der Waals surface area (Å²) in [5.41, 5.74) is 2.48. The highest BCUT2D eigenvalue weighted by molar-refractivity contribution is 5.38. The van der Waals surface area contributed by atoms with Gasteiger partial charge >= 0.3 is 0 Å². The Balaban J connectivity index is 2.85. The second-order valence-corrected chi connectivity index (χ2v) is 7.08. The van der Waals surface area contributed by atoms with Crippen LogP contribution in [0.15, 0.2) is 18.2 Å². The maximum absolute atomic E-state index is 10.2. The van der Waals surface area contributed by atoms with Gasteiger partial charge in [-0.15, -0.1) is 0 Å². The third-order valence-corrected chi connectivity index (χ3v) is 4.00. The molecule has 0 amide bonds. The lowest BCUT2D eigenvalue weighted by Gasteiger charge is -2.25. The second-order valence-electron chi connectivity index (χ2n) is 7.08. The van der Waals surface area contributed by atoms with Crippen molar-refractivity contribution < 1.29 is 5.11 Å². The molecule has 0 unspecified atom stereocenters. The molecule has 0 aliphatic heterocycles. The molecule has 0 bridgehead atoms. The number of rotatable bonds is 8. The first-order valence-electron chi connectivity index (χ1n) is 8.43. The Hall–Kier alpha value is -1.02. The van der Waals surface area contributed by atoms with E-state index >= 15 is 0 Å². The normalized spacial score (nSPS) is 12.1. The fourth-order valence-electron chi connectivity index (χ4n) is 2.45. The number of nitrogens with zero attached hydrogens (tertiary/aromatic N) is 1. The fourth-order valence-corrected chi connectivity index (χ4v) is 2.45. The second kappa shape index (κ2) is 8.43. The number of phenols is 1. The van der Waals surface area contributed by atoms with E-state index in [4.69, 9.17) is 0 Å². The summed E-state index contributed by atoms with van der Waals surface area (Å²) in [6, 6.07) is 6.08. The highest BCUT2D eigenvalue weighted by atomic mass is 16.3.